The van der Waals surface area contributed by atoms with E-state index in [4.69, 9.17) is 27.9 Å². The molecule has 0 radical (unpaired) electrons. The summed E-state index contributed by atoms with van der Waals surface area (Å²) in [5.41, 5.74) is 0.895. The summed E-state index contributed by atoms with van der Waals surface area (Å²) in [5, 5.41) is 3.48. The average Bonchev–Trinajstić information content (AvgIpc) is 3.51. The molecule has 160 valence electrons. The first-order valence-corrected chi connectivity index (χ1v) is 11.4. The molecule has 0 aromatic heterocycles. The van der Waals surface area contributed by atoms with E-state index in [9.17, 15) is 18.0 Å². The Bertz CT molecular complexity index is 1050. The average molecular weight is 471 g/mol. The van der Waals surface area contributed by atoms with Gasteiger partial charge in [-0.1, -0.05) is 29.3 Å². The van der Waals surface area contributed by atoms with Gasteiger partial charge in [-0.3, -0.25) is 4.79 Å². The molecule has 1 aliphatic rings. The van der Waals surface area contributed by atoms with Gasteiger partial charge in [0.25, 0.3) is 5.91 Å². The van der Waals surface area contributed by atoms with Gasteiger partial charge in [0.05, 0.1) is 26.5 Å². The number of halogens is 2. The summed E-state index contributed by atoms with van der Waals surface area (Å²) in [7, 11) is -3.59. The topological polar surface area (TPSA) is 102 Å². The molecule has 10 heteroatoms. The molecule has 1 atom stereocenters. The Labute approximate surface area is 184 Å². The maximum absolute atomic E-state index is 12.1. The lowest BCUT2D eigenvalue weighted by molar-refractivity contribution is -0.124. The van der Waals surface area contributed by atoms with Crippen molar-refractivity contribution in [2.75, 3.05) is 6.61 Å². The lowest BCUT2D eigenvalue weighted by atomic mass is 10.1. The third-order valence-electron chi connectivity index (χ3n) is 4.45. The Morgan fingerprint density at radius 1 is 1.10 bits per heavy atom. The van der Waals surface area contributed by atoms with Crippen molar-refractivity contribution < 1.29 is 22.7 Å². The summed E-state index contributed by atoms with van der Waals surface area (Å²) in [6.07, 6.45) is 1.66. The van der Waals surface area contributed by atoms with E-state index in [0.717, 1.165) is 18.4 Å². The molecule has 0 bridgehead atoms. The number of hydrogen-bond donors (Lipinski definition) is 2. The summed E-state index contributed by atoms with van der Waals surface area (Å²) in [4.78, 5) is 24.3. The van der Waals surface area contributed by atoms with E-state index in [-0.39, 0.29) is 22.5 Å². The second-order valence-corrected chi connectivity index (χ2v) is 9.49. The van der Waals surface area contributed by atoms with Gasteiger partial charge < -0.3 is 10.1 Å². The van der Waals surface area contributed by atoms with Crippen LogP contribution in [-0.2, 0) is 19.6 Å². The van der Waals surface area contributed by atoms with Crippen molar-refractivity contribution in [1.82, 2.24) is 10.0 Å². The highest BCUT2D eigenvalue weighted by Crippen LogP contribution is 2.25. The van der Waals surface area contributed by atoms with Gasteiger partial charge in [0.1, 0.15) is 0 Å². The largest absolute Gasteiger partial charge is 0.452 e. The molecular weight excluding hydrogens is 451 g/mol. The molecule has 1 unspecified atom stereocenters. The highest BCUT2D eigenvalue weighted by atomic mass is 35.5. The predicted molar refractivity (Wildman–Crippen MR) is 113 cm³/mol. The first-order chi connectivity index (χ1) is 14.2. The van der Waals surface area contributed by atoms with Crippen LogP contribution in [0, 0.1) is 0 Å². The van der Waals surface area contributed by atoms with E-state index in [2.05, 4.69) is 10.0 Å². The second kappa shape index (κ2) is 9.34. The van der Waals surface area contributed by atoms with Crippen LogP contribution in [-0.4, -0.2) is 32.9 Å². The Kier molecular flexibility index (Phi) is 7.02. The Morgan fingerprint density at radius 2 is 1.77 bits per heavy atom. The van der Waals surface area contributed by atoms with Gasteiger partial charge in [-0.15, -0.1) is 0 Å². The third kappa shape index (κ3) is 5.95. The fraction of sp³-hybridized carbons (Fsp3) is 0.300. The number of carbonyl (C=O) groups excluding carboxylic acids is 2. The van der Waals surface area contributed by atoms with Crippen molar-refractivity contribution in [3.63, 3.8) is 0 Å². The standard InChI is InChI=1S/C20H20Cl2N2O5S/c1-12(14-4-9-17(21)18(22)10-14)23-19(25)11-29-20(26)13-2-7-16(8-3-13)30(27,28)24-15-5-6-15/h2-4,7-10,12,15,24H,5-6,11H2,1H3,(H,23,25). The first-order valence-electron chi connectivity index (χ1n) is 9.19. The number of rotatable bonds is 8. The van der Waals surface area contributed by atoms with Crippen LogP contribution in [0.3, 0.4) is 0 Å². The van der Waals surface area contributed by atoms with Crippen molar-refractivity contribution in [2.24, 2.45) is 0 Å². The quantitative estimate of drug-likeness (QED) is 0.575. The van der Waals surface area contributed by atoms with Gasteiger partial charge in [0.15, 0.2) is 6.61 Å². The van der Waals surface area contributed by atoms with Gasteiger partial charge in [-0.25, -0.2) is 17.9 Å². The molecule has 2 aromatic carbocycles. The van der Waals surface area contributed by atoms with Gasteiger partial charge in [-0.05, 0) is 61.7 Å². The number of nitrogens with one attached hydrogen (secondary N) is 2. The van der Waals surface area contributed by atoms with E-state index in [1.165, 1.54) is 24.3 Å². The van der Waals surface area contributed by atoms with Crippen LogP contribution >= 0.6 is 23.2 Å². The molecule has 1 fully saturated rings. The molecule has 7 nitrogen and oxygen atoms in total. The highest BCUT2D eigenvalue weighted by molar-refractivity contribution is 7.89. The number of amides is 1. The van der Waals surface area contributed by atoms with Crippen molar-refractivity contribution >= 4 is 45.1 Å². The van der Waals surface area contributed by atoms with Gasteiger partial charge in [0, 0.05) is 6.04 Å². The zero-order valence-electron chi connectivity index (χ0n) is 16.0. The van der Waals surface area contributed by atoms with Crippen LogP contribution in [0.25, 0.3) is 0 Å². The normalized spacial score (nSPS) is 14.8. The fourth-order valence-corrected chi connectivity index (χ4v) is 4.23. The minimum Gasteiger partial charge on any atom is -0.452 e. The van der Waals surface area contributed by atoms with Gasteiger partial charge >= 0.3 is 5.97 Å². The van der Waals surface area contributed by atoms with E-state index in [0.29, 0.717) is 10.0 Å². The van der Waals surface area contributed by atoms with E-state index >= 15 is 0 Å². The van der Waals surface area contributed by atoms with Crippen molar-refractivity contribution in [1.29, 1.82) is 0 Å². The van der Waals surface area contributed by atoms with Crippen molar-refractivity contribution in [3.05, 3.63) is 63.6 Å². The SMILES string of the molecule is CC(NC(=O)COC(=O)c1ccc(S(=O)(=O)NC2CC2)cc1)c1ccc(Cl)c(Cl)c1. The molecule has 1 amide bonds. The number of carbonyl (C=O) groups is 2. The van der Waals surface area contributed by atoms with Crippen LogP contribution in [0.2, 0.25) is 10.0 Å². The summed E-state index contributed by atoms with van der Waals surface area (Å²) in [6, 6.07) is 9.99. The Balaban J connectivity index is 1.51. The number of ether oxygens (including phenoxy) is 1. The first kappa shape index (κ1) is 22.6. The van der Waals surface area contributed by atoms with Gasteiger partial charge in [-0.2, -0.15) is 0 Å². The van der Waals surface area contributed by atoms with E-state index < -0.39 is 28.5 Å². The summed E-state index contributed by atoms with van der Waals surface area (Å²) in [6.45, 7) is 1.28. The van der Waals surface area contributed by atoms with Crippen LogP contribution in [0.4, 0.5) is 0 Å². The summed E-state index contributed by atoms with van der Waals surface area (Å²) >= 11 is 11.9. The van der Waals surface area contributed by atoms with Crippen LogP contribution < -0.4 is 10.0 Å². The molecule has 0 saturated heterocycles. The van der Waals surface area contributed by atoms with Crippen molar-refractivity contribution in [3.8, 4) is 0 Å². The molecular formula is C20H20Cl2N2O5S. The second-order valence-electron chi connectivity index (χ2n) is 6.96. The van der Waals surface area contributed by atoms with Gasteiger partial charge in [0.2, 0.25) is 10.0 Å². The lowest BCUT2D eigenvalue weighted by Gasteiger charge is -2.15. The highest BCUT2D eigenvalue weighted by Gasteiger charge is 2.28. The molecule has 30 heavy (non-hydrogen) atoms. The number of benzene rings is 2. The van der Waals surface area contributed by atoms with Crippen LogP contribution in [0.15, 0.2) is 47.4 Å². The minimum atomic E-state index is -3.59. The maximum Gasteiger partial charge on any atom is 0.338 e. The molecule has 3 rings (SSSR count). The Hall–Kier alpha value is -2.13. The fourth-order valence-electron chi connectivity index (χ4n) is 2.62. The van der Waals surface area contributed by atoms with Crippen molar-refractivity contribution in [2.45, 2.75) is 36.7 Å². The zero-order valence-corrected chi connectivity index (χ0v) is 18.4. The number of sulfonamides is 1. The molecule has 2 aromatic rings. The predicted octanol–water partition coefficient (Wildman–Crippen LogP) is 3.47. The lowest BCUT2D eigenvalue weighted by Crippen LogP contribution is -2.31. The molecule has 1 aliphatic carbocycles. The van der Waals surface area contributed by atoms with E-state index in [1.54, 1.807) is 25.1 Å². The number of hydrogen-bond acceptors (Lipinski definition) is 5. The molecule has 0 heterocycles. The molecule has 2 N–H and O–H groups in total. The van der Waals surface area contributed by atoms with Crippen LogP contribution in [0.1, 0.15) is 41.7 Å². The zero-order chi connectivity index (χ0) is 21.9. The third-order valence-corrected chi connectivity index (χ3v) is 6.73. The molecule has 0 aliphatic heterocycles. The van der Waals surface area contributed by atoms with E-state index in [1.807, 2.05) is 0 Å². The summed E-state index contributed by atoms with van der Waals surface area (Å²) < 4.78 is 31.9. The smallest absolute Gasteiger partial charge is 0.338 e. The summed E-state index contributed by atoms with van der Waals surface area (Å²) in [5.74, 6) is -1.22. The maximum atomic E-state index is 12.1. The Morgan fingerprint density at radius 3 is 2.37 bits per heavy atom. The molecule has 0 spiro atoms. The molecule has 1 saturated carbocycles. The van der Waals surface area contributed by atoms with Crippen LogP contribution in [0.5, 0.6) is 0 Å². The monoisotopic (exact) mass is 470 g/mol. The number of esters is 1. The minimum absolute atomic E-state index is 0.00977.